The highest BCUT2D eigenvalue weighted by Gasteiger charge is 2.34. The molecular formula is C17H29N3S. The van der Waals surface area contributed by atoms with E-state index in [0.717, 1.165) is 29.0 Å². The zero-order valence-corrected chi connectivity index (χ0v) is 15.0. The smallest absolute Gasteiger partial charge is 0.188 e. The lowest BCUT2D eigenvalue weighted by molar-refractivity contribution is 0.251. The summed E-state index contributed by atoms with van der Waals surface area (Å²) in [5.74, 6) is 1.51. The van der Waals surface area contributed by atoms with Crippen molar-refractivity contribution in [2.24, 2.45) is 11.8 Å². The number of nitrogens with one attached hydrogen (secondary N) is 1. The standard InChI is InChI=1S/C17H29N3S/c1-7-18-15-9-10(2)8-11(3)16(15)21-17-19-13(5)12(4)14(6)20-17/h10-11,15-16,18H,7-9H2,1-6H3. The summed E-state index contributed by atoms with van der Waals surface area (Å²) in [6.07, 6.45) is 2.57. The first-order valence-corrected chi connectivity index (χ1v) is 9.02. The van der Waals surface area contributed by atoms with Crippen molar-refractivity contribution < 1.29 is 0 Å². The summed E-state index contributed by atoms with van der Waals surface area (Å²) in [6, 6.07) is 0.573. The van der Waals surface area contributed by atoms with Crippen molar-refractivity contribution in [1.29, 1.82) is 0 Å². The molecule has 1 N–H and O–H groups in total. The molecule has 0 spiro atoms. The SMILES string of the molecule is CCNC1CC(C)CC(C)C1Sc1nc(C)c(C)c(C)n1. The van der Waals surface area contributed by atoms with Crippen molar-refractivity contribution >= 4 is 11.8 Å². The quantitative estimate of drug-likeness (QED) is 0.856. The lowest BCUT2D eigenvalue weighted by Gasteiger charge is -2.39. The van der Waals surface area contributed by atoms with Crippen molar-refractivity contribution in [2.75, 3.05) is 6.54 Å². The van der Waals surface area contributed by atoms with Crippen LogP contribution in [0.5, 0.6) is 0 Å². The van der Waals surface area contributed by atoms with E-state index in [1.807, 2.05) is 11.8 Å². The molecule has 1 fully saturated rings. The van der Waals surface area contributed by atoms with E-state index in [0.29, 0.717) is 17.2 Å². The molecule has 21 heavy (non-hydrogen) atoms. The van der Waals surface area contributed by atoms with Gasteiger partial charge >= 0.3 is 0 Å². The van der Waals surface area contributed by atoms with Crippen molar-refractivity contribution in [2.45, 2.75) is 70.8 Å². The maximum absolute atomic E-state index is 4.70. The third-order valence-corrected chi connectivity index (χ3v) is 6.17. The lowest BCUT2D eigenvalue weighted by atomic mass is 9.80. The van der Waals surface area contributed by atoms with Gasteiger partial charge in [-0.1, -0.05) is 32.5 Å². The van der Waals surface area contributed by atoms with E-state index in [1.54, 1.807) is 0 Å². The van der Waals surface area contributed by atoms with Crippen LogP contribution in [0.2, 0.25) is 0 Å². The molecule has 0 aromatic carbocycles. The van der Waals surface area contributed by atoms with Gasteiger partial charge in [-0.3, -0.25) is 0 Å². The molecule has 1 aliphatic rings. The fourth-order valence-electron chi connectivity index (χ4n) is 3.41. The van der Waals surface area contributed by atoms with E-state index < -0.39 is 0 Å². The summed E-state index contributed by atoms with van der Waals surface area (Å²) in [5, 5.41) is 5.20. The minimum Gasteiger partial charge on any atom is -0.313 e. The summed E-state index contributed by atoms with van der Waals surface area (Å²) in [6.45, 7) is 14.3. The fraction of sp³-hybridized carbons (Fsp3) is 0.765. The van der Waals surface area contributed by atoms with Gasteiger partial charge in [-0.15, -0.1) is 0 Å². The second-order valence-corrected chi connectivity index (χ2v) is 7.75. The Bertz CT molecular complexity index is 466. The first-order valence-electron chi connectivity index (χ1n) is 8.14. The van der Waals surface area contributed by atoms with Crippen molar-refractivity contribution in [1.82, 2.24) is 15.3 Å². The molecule has 0 saturated heterocycles. The summed E-state index contributed by atoms with van der Waals surface area (Å²) < 4.78 is 0. The first kappa shape index (κ1) is 16.8. The summed E-state index contributed by atoms with van der Waals surface area (Å²) in [7, 11) is 0. The van der Waals surface area contributed by atoms with Crippen LogP contribution in [-0.4, -0.2) is 27.8 Å². The Labute approximate surface area is 133 Å². The Kier molecular flexibility index (Phi) is 5.67. The van der Waals surface area contributed by atoms with Gasteiger partial charge in [0.1, 0.15) is 0 Å². The Morgan fingerprint density at radius 2 is 1.71 bits per heavy atom. The Balaban J connectivity index is 2.19. The third kappa shape index (κ3) is 3.98. The van der Waals surface area contributed by atoms with E-state index >= 15 is 0 Å². The monoisotopic (exact) mass is 307 g/mol. The molecule has 0 bridgehead atoms. The molecule has 0 amide bonds. The van der Waals surface area contributed by atoms with E-state index in [-0.39, 0.29) is 0 Å². The minimum absolute atomic E-state index is 0.572. The van der Waals surface area contributed by atoms with Gasteiger partial charge < -0.3 is 5.32 Å². The van der Waals surface area contributed by atoms with E-state index in [2.05, 4.69) is 46.9 Å². The molecule has 3 nitrogen and oxygen atoms in total. The molecule has 1 saturated carbocycles. The molecule has 0 aliphatic heterocycles. The van der Waals surface area contributed by atoms with Crippen LogP contribution in [0.25, 0.3) is 0 Å². The van der Waals surface area contributed by atoms with Crippen LogP contribution in [-0.2, 0) is 0 Å². The summed E-state index contributed by atoms with van der Waals surface area (Å²) in [4.78, 5) is 9.40. The van der Waals surface area contributed by atoms with E-state index in [1.165, 1.54) is 18.4 Å². The first-order chi connectivity index (χ1) is 9.92. The molecule has 1 aliphatic carbocycles. The predicted octanol–water partition coefficient (Wildman–Crippen LogP) is 3.91. The van der Waals surface area contributed by atoms with Crippen LogP contribution in [0.3, 0.4) is 0 Å². The molecule has 1 aromatic rings. The van der Waals surface area contributed by atoms with Gasteiger partial charge in [-0.25, -0.2) is 9.97 Å². The number of hydrogen-bond acceptors (Lipinski definition) is 4. The van der Waals surface area contributed by atoms with Gasteiger partial charge in [-0.05, 0) is 57.6 Å². The van der Waals surface area contributed by atoms with Gasteiger partial charge in [0.2, 0.25) is 0 Å². The minimum atomic E-state index is 0.572. The van der Waals surface area contributed by atoms with Crippen LogP contribution in [0.1, 0.15) is 50.6 Å². The maximum Gasteiger partial charge on any atom is 0.188 e. The molecule has 4 atom stereocenters. The zero-order valence-electron chi connectivity index (χ0n) is 14.2. The third-order valence-electron chi connectivity index (χ3n) is 4.71. The zero-order chi connectivity index (χ0) is 15.6. The lowest BCUT2D eigenvalue weighted by Crippen LogP contribution is -2.46. The fourth-order valence-corrected chi connectivity index (χ4v) is 4.74. The molecule has 4 unspecified atom stereocenters. The highest BCUT2D eigenvalue weighted by atomic mass is 32.2. The molecule has 2 rings (SSSR count). The summed E-state index contributed by atoms with van der Waals surface area (Å²) >= 11 is 1.88. The molecule has 1 heterocycles. The number of hydrogen-bond donors (Lipinski definition) is 1. The molecule has 4 heteroatoms. The number of thioether (sulfide) groups is 1. The Morgan fingerprint density at radius 1 is 1.10 bits per heavy atom. The molecular weight excluding hydrogens is 278 g/mol. The maximum atomic E-state index is 4.70. The van der Waals surface area contributed by atoms with Crippen LogP contribution in [0.15, 0.2) is 5.16 Å². The van der Waals surface area contributed by atoms with Crippen LogP contribution in [0, 0.1) is 32.6 Å². The number of nitrogens with zero attached hydrogens (tertiary/aromatic N) is 2. The van der Waals surface area contributed by atoms with E-state index in [9.17, 15) is 0 Å². The normalized spacial score (nSPS) is 29.6. The molecule has 0 radical (unpaired) electrons. The highest BCUT2D eigenvalue weighted by Crippen LogP contribution is 2.38. The van der Waals surface area contributed by atoms with Crippen LogP contribution in [0.4, 0.5) is 0 Å². The molecule has 118 valence electrons. The van der Waals surface area contributed by atoms with Crippen molar-refractivity contribution in [3.05, 3.63) is 17.0 Å². The van der Waals surface area contributed by atoms with Gasteiger partial charge in [0.15, 0.2) is 5.16 Å². The number of aryl methyl sites for hydroxylation is 2. The predicted molar refractivity (Wildman–Crippen MR) is 90.9 cm³/mol. The van der Waals surface area contributed by atoms with Gasteiger partial charge in [0.05, 0.1) is 0 Å². The average Bonchev–Trinajstić information content (AvgIpc) is 2.40. The van der Waals surface area contributed by atoms with Crippen molar-refractivity contribution in [3.63, 3.8) is 0 Å². The second kappa shape index (κ2) is 7.10. The highest BCUT2D eigenvalue weighted by molar-refractivity contribution is 7.99. The Hall–Kier alpha value is -0.610. The van der Waals surface area contributed by atoms with E-state index in [4.69, 9.17) is 9.97 Å². The van der Waals surface area contributed by atoms with Crippen molar-refractivity contribution in [3.8, 4) is 0 Å². The largest absolute Gasteiger partial charge is 0.313 e. The van der Waals surface area contributed by atoms with Crippen LogP contribution >= 0.6 is 11.8 Å². The van der Waals surface area contributed by atoms with Crippen LogP contribution < -0.4 is 5.32 Å². The summed E-state index contributed by atoms with van der Waals surface area (Å²) in [5.41, 5.74) is 3.44. The molecule has 1 aromatic heterocycles. The van der Waals surface area contributed by atoms with Gasteiger partial charge in [0.25, 0.3) is 0 Å². The number of aromatic nitrogens is 2. The van der Waals surface area contributed by atoms with Gasteiger partial charge in [-0.2, -0.15) is 0 Å². The Morgan fingerprint density at radius 3 is 2.29 bits per heavy atom. The average molecular weight is 308 g/mol. The second-order valence-electron chi connectivity index (χ2n) is 6.60. The topological polar surface area (TPSA) is 37.8 Å². The number of rotatable bonds is 4. The van der Waals surface area contributed by atoms with Gasteiger partial charge in [0, 0.05) is 22.7 Å².